The Morgan fingerprint density at radius 3 is 2.88 bits per heavy atom. The van der Waals surface area contributed by atoms with E-state index in [4.69, 9.17) is 9.84 Å². The topological polar surface area (TPSA) is 39.1 Å². The third kappa shape index (κ3) is 3.43. The van der Waals surface area contributed by atoms with Gasteiger partial charge in [0.05, 0.1) is 17.2 Å². The molecule has 1 fully saturated rings. The van der Waals surface area contributed by atoms with E-state index in [1.54, 1.807) is 11.3 Å². The van der Waals surface area contributed by atoms with Crippen LogP contribution in [0.1, 0.15) is 18.4 Å². The van der Waals surface area contributed by atoms with E-state index in [0.29, 0.717) is 6.04 Å². The standard InChI is InChI=1S/C19H21N3OS/c1-2-7-17(8-3-1)22-13-15(12-20-16-6-4-10-23-14-16)19(21-22)18-9-5-11-24-18/h1-3,5,7-9,11,13,16,20H,4,6,10,12,14H2. The van der Waals surface area contributed by atoms with Crippen molar-refractivity contribution in [3.63, 3.8) is 0 Å². The van der Waals surface area contributed by atoms with Crippen LogP contribution in [0, 0.1) is 0 Å². The zero-order valence-corrected chi connectivity index (χ0v) is 14.3. The van der Waals surface area contributed by atoms with Crippen LogP contribution in [0.25, 0.3) is 16.3 Å². The summed E-state index contributed by atoms with van der Waals surface area (Å²) in [7, 11) is 0. The van der Waals surface area contributed by atoms with Crippen LogP contribution in [0.4, 0.5) is 0 Å². The molecule has 1 atom stereocenters. The lowest BCUT2D eigenvalue weighted by molar-refractivity contribution is 0.0699. The van der Waals surface area contributed by atoms with Crippen LogP contribution in [0.2, 0.25) is 0 Å². The molecule has 1 aromatic carbocycles. The van der Waals surface area contributed by atoms with Crippen molar-refractivity contribution in [1.29, 1.82) is 0 Å². The second kappa shape index (κ2) is 7.30. The van der Waals surface area contributed by atoms with Gasteiger partial charge in [-0.1, -0.05) is 24.3 Å². The highest BCUT2D eigenvalue weighted by atomic mass is 32.1. The second-order valence-corrected chi connectivity index (χ2v) is 7.00. The molecule has 1 aliphatic heterocycles. The van der Waals surface area contributed by atoms with Crippen molar-refractivity contribution in [1.82, 2.24) is 15.1 Å². The van der Waals surface area contributed by atoms with E-state index < -0.39 is 0 Å². The lowest BCUT2D eigenvalue weighted by Crippen LogP contribution is -2.36. The number of benzene rings is 1. The molecule has 4 nitrogen and oxygen atoms in total. The largest absolute Gasteiger partial charge is 0.380 e. The molecule has 0 bridgehead atoms. The number of ether oxygens (including phenoxy) is 1. The van der Waals surface area contributed by atoms with Gasteiger partial charge in [0.1, 0.15) is 5.69 Å². The molecule has 0 saturated carbocycles. The maximum Gasteiger partial charge on any atom is 0.107 e. The Hall–Kier alpha value is -1.95. The highest BCUT2D eigenvalue weighted by molar-refractivity contribution is 7.13. The molecule has 2 aromatic heterocycles. The molecule has 0 spiro atoms. The van der Waals surface area contributed by atoms with Gasteiger partial charge in [0.2, 0.25) is 0 Å². The SMILES string of the molecule is c1ccc(-n2cc(CNC3CCCOC3)c(-c3cccs3)n2)cc1. The zero-order chi connectivity index (χ0) is 16.2. The van der Waals surface area contributed by atoms with Gasteiger partial charge in [0.25, 0.3) is 0 Å². The van der Waals surface area contributed by atoms with Gasteiger partial charge in [-0.05, 0) is 36.4 Å². The summed E-state index contributed by atoms with van der Waals surface area (Å²) in [4.78, 5) is 1.21. The van der Waals surface area contributed by atoms with E-state index in [0.717, 1.165) is 37.6 Å². The van der Waals surface area contributed by atoms with Crippen molar-refractivity contribution in [2.75, 3.05) is 13.2 Å². The van der Waals surface area contributed by atoms with Crippen LogP contribution in [-0.4, -0.2) is 29.0 Å². The first kappa shape index (κ1) is 15.6. The summed E-state index contributed by atoms with van der Waals surface area (Å²) < 4.78 is 7.54. The van der Waals surface area contributed by atoms with Crippen molar-refractivity contribution in [2.24, 2.45) is 0 Å². The predicted molar refractivity (Wildman–Crippen MR) is 97.6 cm³/mol. The molecule has 3 aromatic rings. The summed E-state index contributed by atoms with van der Waals surface area (Å²) in [6.45, 7) is 2.51. The summed E-state index contributed by atoms with van der Waals surface area (Å²) in [5, 5.41) is 10.6. The maximum atomic E-state index is 5.57. The van der Waals surface area contributed by atoms with E-state index in [1.165, 1.54) is 16.9 Å². The van der Waals surface area contributed by atoms with Crippen LogP contribution in [0.3, 0.4) is 0 Å². The zero-order valence-electron chi connectivity index (χ0n) is 13.5. The minimum absolute atomic E-state index is 0.440. The summed E-state index contributed by atoms with van der Waals surface area (Å²) in [6.07, 6.45) is 4.46. The Labute approximate surface area is 146 Å². The molecule has 1 aliphatic rings. The van der Waals surface area contributed by atoms with Gasteiger partial charge >= 0.3 is 0 Å². The van der Waals surface area contributed by atoms with E-state index >= 15 is 0 Å². The third-order valence-corrected chi connectivity index (χ3v) is 5.18. The van der Waals surface area contributed by atoms with Gasteiger partial charge in [0, 0.05) is 31.0 Å². The molecule has 1 unspecified atom stereocenters. The number of aromatic nitrogens is 2. The maximum absolute atomic E-state index is 5.57. The quantitative estimate of drug-likeness (QED) is 0.767. The van der Waals surface area contributed by atoms with Crippen molar-refractivity contribution in [3.05, 3.63) is 59.6 Å². The molecule has 4 rings (SSSR count). The first-order valence-electron chi connectivity index (χ1n) is 8.39. The molecule has 0 radical (unpaired) electrons. The monoisotopic (exact) mass is 339 g/mol. The average molecular weight is 339 g/mol. The van der Waals surface area contributed by atoms with Gasteiger partial charge < -0.3 is 10.1 Å². The van der Waals surface area contributed by atoms with Crippen molar-refractivity contribution in [3.8, 4) is 16.3 Å². The van der Waals surface area contributed by atoms with Crippen LogP contribution in [0.15, 0.2) is 54.0 Å². The predicted octanol–water partition coefficient (Wildman–Crippen LogP) is 3.87. The first-order valence-corrected chi connectivity index (χ1v) is 9.27. The molecule has 3 heterocycles. The van der Waals surface area contributed by atoms with Crippen LogP contribution in [0.5, 0.6) is 0 Å². The molecule has 5 heteroatoms. The molecule has 0 amide bonds. The smallest absolute Gasteiger partial charge is 0.107 e. The Morgan fingerprint density at radius 2 is 2.12 bits per heavy atom. The number of nitrogens with zero attached hydrogens (tertiary/aromatic N) is 2. The fourth-order valence-electron chi connectivity index (χ4n) is 3.03. The molecule has 0 aliphatic carbocycles. The minimum Gasteiger partial charge on any atom is -0.380 e. The Bertz CT molecular complexity index is 761. The summed E-state index contributed by atoms with van der Waals surface area (Å²) in [5.74, 6) is 0. The van der Waals surface area contributed by atoms with Crippen molar-refractivity contribution in [2.45, 2.75) is 25.4 Å². The fraction of sp³-hybridized carbons (Fsp3) is 0.316. The number of hydrogen-bond donors (Lipinski definition) is 1. The van der Waals surface area contributed by atoms with Crippen LogP contribution < -0.4 is 5.32 Å². The highest BCUT2D eigenvalue weighted by Gasteiger charge is 2.17. The van der Waals surface area contributed by atoms with Crippen LogP contribution >= 0.6 is 11.3 Å². The number of nitrogens with one attached hydrogen (secondary N) is 1. The fourth-order valence-corrected chi connectivity index (χ4v) is 3.77. The molecule has 124 valence electrons. The lowest BCUT2D eigenvalue weighted by Gasteiger charge is -2.23. The van der Waals surface area contributed by atoms with E-state index in [9.17, 15) is 0 Å². The summed E-state index contributed by atoms with van der Waals surface area (Å²) in [5.41, 5.74) is 3.38. The molecule has 1 saturated heterocycles. The van der Waals surface area contributed by atoms with E-state index in [-0.39, 0.29) is 0 Å². The number of hydrogen-bond acceptors (Lipinski definition) is 4. The third-order valence-electron chi connectivity index (χ3n) is 4.31. The Balaban J connectivity index is 1.60. The molecule has 1 N–H and O–H groups in total. The van der Waals surface area contributed by atoms with Crippen molar-refractivity contribution < 1.29 is 4.74 Å². The second-order valence-electron chi connectivity index (χ2n) is 6.06. The summed E-state index contributed by atoms with van der Waals surface area (Å²) >= 11 is 1.73. The Kier molecular flexibility index (Phi) is 4.74. The minimum atomic E-state index is 0.440. The molecule has 24 heavy (non-hydrogen) atoms. The number of rotatable bonds is 5. The lowest BCUT2D eigenvalue weighted by atomic mass is 10.1. The van der Waals surface area contributed by atoms with Gasteiger partial charge in [-0.25, -0.2) is 4.68 Å². The average Bonchev–Trinajstić information content (AvgIpc) is 3.31. The normalized spacial score (nSPS) is 17.9. The first-order chi connectivity index (χ1) is 11.9. The molecular formula is C19H21N3OS. The van der Waals surface area contributed by atoms with E-state index in [1.807, 2.05) is 22.9 Å². The van der Waals surface area contributed by atoms with Crippen molar-refractivity contribution >= 4 is 11.3 Å². The van der Waals surface area contributed by atoms with Gasteiger partial charge in [-0.3, -0.25) is 0 Å². The molecular weight excluding hydrogens is 318 g/mol. The Morgan fingerprint density at radius 1 is 1.21 bits per heavy atom. The highest BCUT2D eigenvalue weighted by Crippen LogP contribution is 2.28. The van der Waals surface area contributed by atoms with Gasteiger partial charge in [0.15, 0.2) is 0 Å². The number of thiophene rings is 1. The van der Waals surface area contributed by atoms with Gasteiger partial charge in [-0.15, -0.1) is 11.3 Å². The summed E-state index contributed by atoms with van der Waals surface area (Å²) in [6, 6.07) is 14.9. The van der Waals surface area contributed by atoms with Crippen LogP contribution in [-0.2, 0) is 11.3 Å². The van der Waals surface area contributed by atoms with Gasteiger partial charge in [-0.2, -0.15) is 5.10 Å². The van der Waals surface area contributed by atoms with E-state index in [2.05, 4.69) is 41.2 Å². The number of para-hydroxylation sites is 1.